The van der Waals surface area contributed by atoms with Gasteiger partial charge in [0, 0.05) is 37.1 Å². The number of nitrogens with zero attached hydrogens (tertiary/aromatic N) is 3. The summed E-state index contributed by atoms with van der Waals surface area (Å²) in [7, 11) is 2.02. The standard InChI is InChI=1S/C12H22N4/c1-6-13-7-11-8-14-12(15-10(11)4)16(5)9(2)3/h8-9,13H,6-7H2,1-5H3. The molecule has 0 radical (unpaired) electrons. The Morgan fingerprint density at radius 2 is 2.12 bits per heavy atom. The predicted molar refractivity (Wildman–Crippen MR) is 67.7 cm³/mol. The molecule has 1 aromatic heterocycles. The number of rotatable bonds is 5. The minimum absolute atomic E-state index is 0.416. The summed E-state index contributed by atoms with van der Waals surface area (Å²) in [5, 5.41) is 3.28. The molecule has 0 bridgehead atoms. The molecule has 0 aliphatic carbocycles. The minimum Gasteiger partial charge on any atom is -0.341 e. The fraction of sp³-hybridized carbons (Fsp3) is 0.667. The van der Waals surface area contributed by atoms with Crippen LogP contribution in [-0.2, 0) is 6.54 Å². The molecule has 0 amide bonds. The number of hydrogen-bond donors (Lipinski definition) is 1. The molecular weight excluding hydrogens is 200 g/mol. The molecular formula is C12H22N4. The van der Waals surface area contributed by atoms with Gasteiger partial charge in [-0.1, -0.05) is 6.92 Å². The van der Waals surface area contributed by atoms with Gasteiger partial charge in [-0.05, 0) is 27.3 Å². The highest BCUT2D eigenvalue weighted by molar-refractivity contribution is 5.32. The molecule has 0 aromatic carbocycles. The highest BCUT2D eigenvalue weighted by Gasteiger charge is 2.09. The third-order valence-electron chi connectivity index (χ3n) is 2.72. The van der Waals surface area contributed by atoms with Crippen LogP contribution in [0.2, 0.25) is 0 Å². The fourth-order valence-corrected chi connectivity index (χ4v) is 1.31. The van der Waals surface area contributed by atoms with Crippen LogP contribution in [0.5, 0.6) is 0 Å². The van der Waals surface area contributed by atoms with Crippen molar-refractivity contribution in [1.29, 1.82) is 0 Å². The lowest BCUT2D eigenvalue weighted by Crippen LogP contribution is -2.28. The van der Waals surface area contributed by atoms with Gasteiger partial charge in [0.15, 0.2) is 0 Å². The van der Waals surface area contributed by atoms with E-state index in [1.54, 1.807) is 0 Å². The Hall–Kier alpha value is -1.16. The number of hydrogen-bond acceptors (Lipinski definition) is 4. The molecule has 0 saturated carbocycles. The van der Waals surface area contributed by atoms with Gasteiger partial charge in [0.2, 0.25) is 5.95 Å². The second-order valence-corrected chi connectivity index (χ2v) is 4.27. The summed E-state index contributed by atoms with van der Waals surface area (Å²) in [4.78, 5) is 11.0. The lowest BCUT2D eigenvalue weighted by Gasteiger charge is -2.21. The van der Waals surface area contributed by atoms with Crippen molar-refractivity contribution in [1.82, 2.24) is 15.3 Å². The Labute approximate surface area is 98.1 Å². The molecule has 0 atom stereocenters. The van der Waals surface area contributed by atoms with Crippen LogP contribution in [0.15, 0.2) is 6.20 Å². The molecule has 1 aromatic rings. The first kappa shape index (κ1) is 12.9. The maximum Gasteiger partial charge on any atom is 0.225 e. The maximum absolute atomic E-state index is 4.52. The van der Waals surface area contributed by atoms with Gasteiger partial charge in [-0.3, -0.25) is 0 Å². The highest BCUT2D eigenvalue weighted by Crippen LogP contribution is 2.11. The SMILES string of the molecule is CCNCc1cnc(N(C)C(C)C)nc1C. The highest BCUT2D eigenvalue weighted by atomic mass is 15.2. The molecule has 0 unspecified atom stereocenters. The molecule has 0 saturated heterocycles. The largest absolute Gasteiger partial charge is 0.341 e. The third kappa shape index (κ3) is 3.17. The zero-order chi connectivity index (χ0) is 12.1. The molecule has 1 rings (SSSR count). The Kier molecular flexibility index (Phi) is 4.68. The lowest BCUT2D eigenvalue weighted by atomic mass is 10.2. The van der Waals surface area contributed by atoms with Crippen LogP contribution in [0.4, 0.5) is 5.95 Å². The minimum atomic E-state index is 0.416. The van der Waals surface area contributed by atoms with Crippen molar-refractivity contribution in [2.75, 3.05) is 18.5 Å². The van der Waals surface area contributed by atoms with Gasteiger partial charge >= 0.3 is 0 Å². The quantitative estimate of drug-likeness (QED) is 0.824. The number of aromatic nitrogens is 2. The van der Waals surface area contributed by atoms with Crippen LogP contribution in [0.25, 0.3) is 0 Å². The Morgan fingerprint density at radius 1 is 1.44 bits per heavy atom. The van der Waals surface area contributed by atoms with Crippen molar-refractivity contribution < 1.29 is 0 Å². The first-order valence-electron chi connectivity index (χ1n) is 5.82. The Balaban J connectivity index is 2.82. The summed E-state index contributed by atoms with van der Waals surface area (Å²) in [5.74, 6) is 0.799. The molecule has 1 heterocycles. The van der Waals surface area contributed by atoms with Crippen LogP contribution in [-0.4, -0.2) is 29.6 Å². The average molecular weight is 222 g/mol. The third-order valence-corrected chi connectivity index (χ3v) is 2.72. The molecule has 4 heteroatoms. The topological polar surface area (TPSA) is 41.1 Å². The molecule has 0 spiro atoms. The van der Waals surface area contributed by atoms with Crippen molar-refractivity contribution >= 4 is 5.95 Å². The van der Waals surface area contributed by atoms with E-state index in [1.807, 2.05) is 20.2 Å². The average Bonchev–Trinajstić information content (AvgIpc) is 2.26. The van der Waals surface area contributed by atoms with E-state index in [0.29, 0.717) is 6.04 Å². The van der Waals surface area contributed by atoms with Crippen molar-refractivity contribution in [2.45, 2.75) is 40.3 Å². The maximum atomic E-state index is 4.52. The van der Waals surface area contributed by atoms with Crippen molar-refractivity contribution in [3.05, 3.63) is 17.5 Å². The lowest BCUT2D eigenvalue weighted by molar-refractivity contribution is 0.702. The molecule has 0 fully saturated rings. The molecule has 0 aliphatic rings. The van der Waals surface area contributed by atoms with E-state index < -0.39 is 0 Å². The summed E-state index contributed by atoms with van der Waals surface area (Å²) >= 11 is 0. The Morgan fingerprint density at radius 3 is 2.62 bits per heavy atom. The first-order chi connectivity index (χ1) is 7.56. The van der Waals surface area contributed by atoms with Crippen LogP contribution in [0.1, 0.15) is 32.0 Å². The van der Waals surface area contributed by atoms with E-state index in [9.17, 15) is 0 Å². The van der Waals surface area contributed by atoms with Gasteiger partial charge in [0.25, 0.3) is 0 Å². The fourth-order valence-electron chi connectivity index (χ4n) is 1.31. The second kappa shape index (κ2) is 5.80. The first-order valence-corrected chi connectivity index (χ1v) is 5.82. The van der Waals surface area contributed by atoms with E-state index in [1.165, 1.54) is 5.56 Å². The normalized spacial score (nSPS) is 10.9. The number of anilines is 1. The summed E-state index contributed by atoms with van der Waals surface area (Å²) in [6.07, 6.45) is 1.92. The van der Waals surface area contributed by atoms with Crippen molar-refractivity contribution in [3.63, 3.8) is 0 Å². The Bertz CT molecular complexity index is 336. The molecule has 4 nitrogen and oxygen atoms in total. The molecule has 1 N–H and O–H groups in total. The van der Waals surface area contributed by atoms with E-state index >= 15 is 0 Å². The van der Waals surface area contributed by atoms with E-state index in [-0.39, 0.29) is 0 Å². The summed E-state index contributed by atoms with van der Waals surface area (Å²) in [6.45, 7) is 10.2. The van der Waals surface area contributed by atoms with Gasteiger partial charge in [0.05, 0.1) is 0 Å². The number of nitrogens with one attached hydrogen (secondary N) is 1. The summed E-state index contributed by atoms with van der Waals surface area (Å²) in [5.41, 5.74) is 2.22. The zero-order valence-corrected chi connectivity index (χ0v) is 10.9. The van der Waals surface area contributed by atoms with Crippen LogP contribution in [0.3, 0.4) is 0 Å². The van der Waals surface area contributed by atoms with Crippen LogP contribution in [0, 0.1) is 6.92 Å². The van der Waals surface area contributed by atoms with Gasteiger partial charge in [0.1, 0.15) is 0 Å². The van der Waals surface area contributed by atoms with Gasteiger partial charge in [-0.2, -0.15) is 0 Å². The summed E-state index contributed by atoms with van der Waals surface area (Å²) in [6, 6.07) is 0.416. The van der Waals surface area contributed by atoms with Crippen LogP contribution >= 0.6 is 0 Å². The van der Waals surface area contributed by atoms with Gasteiger partial charge in [-0.15, -0.1) is 0 Å². The van der Waals surface area contributed by atoms with Crippen molar-refractivity contribution in [2.24, 2.45) is 0 Å². The van der Waals surface area contributed by atoms with Crippen molar-refractivity contribution in [3.8, 4) is 0 Å². The molecule has 0 aliphatic heterocycles. The zero-order valence-electron chi connectivity index (χ0n) is 10.9. The predicted octanol–water partition coefficient (Wildman–Crippen LogP) is 1.74. The second-order valence-electron chi connectivity index (χ2n) is 4.27. The molecule has 16 heavy (non-hydrogen) atoms. The van der Waals surface area contributed by atoms with E-state index in [4.69, 9.17) is 0 Å². The van der Waals surface area contributed by atoms with E-state index in [2.05, 4.69) is 41.0 Å². The number of aryl methyl sites for hydroxylation is 1. The smallest absolute Gasteiger partial charge is 0.225 e. The van der Waals surface area contributed by atoms with Gasteiger partial charge in [-0.25, -0.2) is 9.97 Å². The van der Waals surface area contributed by atoms with Gasteiger partial charge < -0.3 is 10.2 Å². The van der Waals surface area contributed by atoms with E-state index in [0.717, 1.165) is 24.7 Å². The molecule has 90 valence electrons. The monoisotopic (exact) mass is 222 g/mol. The summed E-state index contributed by atoms with van der Waals surface area (Å²) < 4.78 is 0. The van der Waals surface area contributed by atoms with Crippen LogP contribution < -0.4 is 10.2 Å².